The highest BCUT2D eigenvalue weighted by atomic mass is 15.1. The fourth-order valence-corrected chi connectivity index (χ4v) is 11.8. The zero-order valence-electron chi connectivity index (χ0n) is 36.9. The van der Waals surface area contributed by atoms with E-state index in [9.17, 15) is 0 Å². The van der Waals surface area contributed by atoms with Crippen LogP contribution in [0.2, 0.25) is 0 Å². The van der Waals surface area contributed by atoms with Crippen molar-refractivity contribution in [2.75, 3.05) is 4.90 Å². The summed E-state index contributed by atoms with van der Waals surface area (Å²) in [4.78, 5) is 2.49. The minimum absolute atomic E-state index is 0.464. The van der Waals surface area contributed by atoms with Crippen molar-refractivity contribution in [1.29, 1.82) is 0 Å². The fraction of sp³-hybridized carbons (Fsp3) is 0.0303. The molecule has 0 bridgehead atoms. The second-order valence-electron chi connectivity index (χ2n) is 17.9. The Balaban J connectivity index is 1.07. The molecule has 0 saturated carbocycles. The monoisotopic (exact) mass is 851 g/mol. The molecule has 2 aliphatic carbocycles. The number of anilines is 3. The van der Waals surface area contributed by atoms with Crippen LogP contribution in [-0.2, 0) is 10.8 Å². The van der Waals surface area contributed by atoms with Gasteiger partial charge in [0.25, 0.3) is 0 Å². The van der Waals surface area contributed by atoms with E-state index in [0.29, 0.717) is 0 Å². The molecule has 0 spiro atoms. The summed E-state index contributed by atoms with van der Waals surface area (Å²) < 4.78 is 0. The molecule has 0 fully saturated rings. The largest absolute Gasteiger partial charge is 0.310 e. The number of para-hydroxylation sites is 1. The lowest BCUT2D eigenvalue weighted by Crippen LogP contribution is -2.28. The van der Waals surface area contributed by atoms with Crippen LogP contribution in [0.15, 0.2) is 273 Å². The second-order valence-corrected chi connectivity index (χ2v) is 17.9. The summed E-state index contributed by atoms with van der Waals surface area (Å²) in [7, 11) is 0. The van der Waals surface area contributed by atoms with Gasteiger partial charge in [0, 0.05) is 16.9 Å². The molecular weight excluding hydrogens is 807 g/mol. The normalized spacial score (nSPS) is 13.6. The quantitative estimate of drug-likeness (QED) is 0.147. The summed E-state index contributed by atoms with van der Waals surface area (Å²) in [5.41, 5.74) is 20.0. The molecular formula is C66H45N. The Bertz CT molecular complexity index is 3540. The van der Waals surface area contributed by atoms with E-state index in [1.165, 1.54) is 88.7 Å². The van der Waals surface area contributed by atoms with Gasteiger partial charge in [-0.1, -0.05) is 231 Å². The molecule has 0 N–H and O–H groups in total. The van der Waals surface area contributed by atoms with Crippen molar-refractivity contribution < 1.29 is 0 Å². The Hall–Kier alpha value is -8.52. The Labute approximate surface area is 392 Å². The molecule has 11 aromatic carbocycles. The van der Waals surface area contributed by atoms with Crippen LogP contribution >= 0.6 is 0 Å². The fourth-order valence-electron chi connectivity index (χ4n) is 11.8. The van der Waals surface area contributed by atoms with Gasteiger partial charge in [0.15, 0.2) is 0 Å². The third kappa shape index (κ3) is 5.81. The predicted molar refractivity (Wildman–Crippen MR) is 279 cm³/mol. The number of benzene rings is 11. The van der Waals surface area contributed by atoms with Crippen LogP contribution < -0.4 is 4.90 Å². The third-order valence-electron chi connectivity index (χ3n) is 14.6. The van der Waals surface area contributed by atoms with Gasteiger partial charge in [-0.3, -0.25) is 0 Å². The molecule has 0 saturated heterocycles. The highest BCUT2D eigenvalue weighted by Crippen LogP contribution is 2.59. The molecule has 1 nitrogen and oxygen atoms in total. The first kappa shape index (κ1) is 38.9. The lowest BCUT2D eigenvalue weighted by Gasteiger charge is -2.35. The summed E-state index contributed by atoms with van der Waals surface area (Å²) in [6, 6.07) is 101. The van der Waals surface area contributed by atoms with Crippen molar-refractivity contribution in [1.82, 2.24) is 0 Å². The predicted octanol–water partition coefficient (Wildman–Crippen LogP) is 16.7. The molecule has 0 unspecified atom stereocenters. The first-order chi connectivity index (χ1) is 33.2. The van der Waals surface area contributed by atoms with E-state index in [2.05, 4.69) is 278 Å². The maximum Gasteiger partial charge on any atom is 0.0714 e. The van der Waals surface area contributed by atoms with Gasteiger partial charge < -0.3 is 4.90 Å². The van der Waals surface area contributed by atoms with Crippen molar-refractivity contribution in [2.24, 2.45) is 0 Å². The van der Waals surface area contributed by atoms with Gasteiger partial charge in [0.2, 0.25) is 0 Å². The number of rotatable bonds is 8. The standard InChI is InChI=1S/C66H45N/c1-6-22-46(23-7-1)55-32-18-21-37-64(55)67(54-40-41-58-56-33-16-19-35-60(56)66(63(58)45-54,51-28-12-4-13-29-51)52-30-14-5-15-31-52)53-39-38-47-44-62-59(43-48(47)42-53)57-34-17-20-36-61(57)65(62,49-24-8-2-9-25-49)50-26-10-3-11-27-50/h1-45H. The molecule has 67 heavy (non-hydrogen) atoms. The average molecular weight is 852 g/mol. The number of hydrogen-bond donors (Lipinski definition) is 0. The lowest BCUT2D eigenvalue weighted by atomic mass is 9.67. The van der Waals surface area contributed by atoms with Crippen molar-refractivity contribution in [3.8, 4) is 33.4 Å². The molecule has 2 aliphatic rings. The van der Waals surface area contributed by atoms with Crippen LogP contribution in [0.1, 0.15) is 44.5 Å². The minimum Gasteiger partial charge on any atom is -0.310 e. The molecule has 11 aromatic rings. The van der Waals surface area contributed by atoms with Crippen LogP contribution in [-0.4, -0.2) is 0 Å². The maximum absolute atomic E-state index is 2.49. The van der Waals surface area contributed by atoms with Gasteiger partial charge in [0.05, 0.1) is 16.5 Å². The maximum atomic E-state index is 2.49. The van der Waals surface area contributed by atoms with E-state index in [-0.39, 0.29) is 0 Å². The SMILES string of the molecule is c1ccc(-c2ccccc2N(c2ccc3c(c2)C(c2ccccc2)(c2ccccc2)c2ccccc2-3)c2ccc3cc4c(cc3c2)-c2ccccc2C4(c2ccccc2)c2ccccc2)cc1. The van der Waals surface area contributed by atoms with E-state index in [4.69, 9.17) is 0 Å². The van der Waals surface area contributed by atoms with E-state index in [1.807, 2.05) is 0 Å². The highest BCUT2D eigenvalue weighted by Gasteiger charge is 2.47. The van der Waals surface area contributed by atoms with Crippen LogP contribution in [0.5, 0.6) is 0 Å². The Morgan fingerprint density at radius 2 is 0.642 bits per heavy atom. The number of hydrogen-bond acceptors (Lipinski definition) is 1. The van der Waals surface area contributed by atoms with Crippen LogP contribution in [0.4, 0.5) is 17.1 Å². The lowest BCUT2D eigenvalue weighted by molar-refractivity contribution is 0.768. The molecule has 13 rings (SSSR count). The second kappa shape index (κ2) is 15.6. The van der Waals surface area contributed by atoms with Gasteiger partial charge in [-0.2, -0.15) is 0 Å². The number of fused-ring (bicyclic) bond motifs is 7. The van der Waals surface area contributed by atoms with Crippen LogP contribution in [0, 0.1) is 0 Å². The molecule has 1 heteroatoms. The minimum atomic E-state index is -0.531. The first-order valence-electron chi connectivity index (χ1n) is 23.3. The summed E-state index contributed by atoms with van der Waals surface area (Å²) in [5.74, 6) is 0. The van der Waals surface area contributed by atoms with E-state index < -0.39 is 10.8 Å². The van der Waals surface area contributed by atoms with Crippen molar-refractivity contribution >= 4 is 27.8 Å². The summed E-state index contributed by atoms with van der Waals surface area (Å²) in [5, 5.41) is 2.40. The van der Waals surface area contributed by atoms with E-state index in [1.54, 1.807) is 0 Å². The van der Waals surface area contributed by atoms with Crippen molar-refractivity contribution in [3.63, 3.8) is 0 Å². The summed E-state index contributed by atoms with van der Waals surface area (Å²) in [6.07, 6.45) is 0. The highest BCUT2D eigenvalue weighted by molar-refractivity contribution is 5.99. The average Bonchev–Trinajstić information content (AvgIpc) is 3.87. The number of nitrogens with zero attached hydrogens (tertiary/aromatic N) is 1. The van der Waals surface area contributed by atoms with Crippen LogP contribution in [0.3, 0.4) is 0 Å². The smallest absolute Gasteiger partial charge is 0.0714 e. The van der Waals surface area contributed by atoms with Gasteiger partial charge in [-0.05, 0) is 126 Å². The molecule has 0 aromatic heterocycles. The molecule has 0 aliphatic heterocycles. The third-order valence-corrected chi connectivity index (χ3v) is 14.6. The zero-order chi connectivity index (χ0) is 44.4. The van der Waals surface area contributed by atoms with E-state index >= 15 is 0 Å². The van der Waals surface area contributed by atoms with Gasteiger partial charge >= 0.3 is 0 Å². The molecule has 314 valence electrons. The topological polar surface area (TPSA) is 3.24 Å². The summed E-state index contributed by atoms with van der Waals surface area (Å²) in [6.45, 7) is 0. The molecule has 0 radical (unpaired) electrons. The Morgan fingerprint density at radius 1 is 0.239 bits per heavy atom. The molecule has 0 heterocycles. The molecule has 0 amide bonds. The molecule has 0 atom stereocenters. The zero-order valence-corrected chi connectivity index (χ0v) is 36.9. The Kier molecular flexibility index (Phi) is 9.05. The van der Waals surface area contributed by atoms with E-state index in [0.717, 1.165) is 17.1 Å². The van der Waals surface area contributed by atoms with Crippen molar-refractivity contribution in [3.05, 3.63) is 317 Å². The van der Waals surface area contributed by atoms with Gasteiger partial charge in [-0.15, -0.1) is 0 Å². The Morgan fingerprint density at radius 3 is 1.19 bits per heavy atom. The van der Waals surface area contributed by atoms with Crippen molar-refractivity contribution in [2.45, 2.75) is 10.8 Å². The van der Waals surface area contributed by atoms with Gasteiger partial charge in [-0.25, -0.2) is 0 Å². The van der Waals surface area contributed by atoms with Crippen LogP contribution in [0.25, 0.3) is 44.2 Å². The first-order valence-corrected chi connectivity index (χ1v) is 23.3. The van der Waals surface area contributed by atoms with Gasteiger partial charge in [0.1, 0.15) is 0 Å². The summed E-state index contributed by atoms with van der Waals surface area (Å²) >= 11 is 0.